The minimum Gasteiger partial charge on any atom is -0.396 e. The van der Waals surface area contributed by atoms with Crippen LogP contribution in [-0.4, -0.2) is 49.8 Å². The van der Waals surface area contributed by atoms with E-state index >= 15 is 0 Å². The number of carbonyl (C=O) groups excluding carboxylic acids is 1. The van der Waals surface area contributed by atoms with Crippen LogP contribution in [-0.2, 0) is 11.2 Å². The maximum atomic E-state index is 12.9. The van der Waals surface area contributed by atoms with Gasteiger partial charge in [-0.3, -0.25) is 9.79 Å². The summed E-state index contributed by atoms with van der Waals surface area (Å²) in [5.41, 5.74) is 0.895. The predicted octanol–water partition coefficient (Wildman–Crippen LogP) is 2.37. The van der Waals surface area contributed by atoms with E-state index in [2.05, 4.69) is 16.0 Å². The highest BCUT2D eigenvalue weighted by Gasteiger charge is 2.31. The molecule has 6 nitrogen and oxygen atoms in total. The topological polar surface area (TPSA) is 85.8 Å². The quantitative estimate of drug-likeness (QED) is 0.273. The lowest BCUT2D eigenvalue weighted by molar-refractivity contribution is -0.120. The minimum atomic E-state index is -0.303. The zero-order valence-corrected chi connectivity index (χ0v) is 17.5. The molecular weight excluding hydrogens is 371 g/mol. The number of hydrogen-bond acceptors (Lipinski definition) is 3. The number of carbonyl (C=O) groups is 1. The second-order valence-corrected chi connectivity index (χ2v) is 7.81. The third kappa shape index (κ3) is 8.40. The molecule has 1 aliphatic rings. The number of nitrogens with zero attached hydrogens (tertiary/aromatic N) is 1. The summed E-state index contributed by atoms with van der Waals surface area (Å²) < 4.78 is 12.9. The van der Waals surface area contributed by atoms with Crippen LogP contribution in [0.25, 0.3) is 0 Å². The Hall–Kier alpha value is -2.15. The van der Waals surface area contributed by atoms with Gasteiger partial charge >= 0.3 is 0 Å². The van der Waals surface area contributed by atoms with E-state index in [1.165, 1.54) is 31.4 Å². The van der Waals surface area contributed by atoms with Crippen LogP contribution in [0.3, 0.4) is 0 Å². The SMILES string of the molecule is CCNC(=NCC1(CCO)CCCCC1)NCCNC(=O)Cc1ccc(F)cc1. The van der Waals surface area contributed by atoms with Crippen molar-refractivity contribution in [1.82, 2.24) is 16.0 Å². The Bertz CT molecular complexity index is 637. The maximum Gasteiger partial charge on any atom is 0.224 e. The van der Waals surface area contributed by atoms with Gasteiger partial charge in [0.25, 0.3) is 0 Å². The standard InChI is InChI=1S/C22H35FN4O2/c1-2-24-21(27-17-22(12-15-28)10-4-3-5-11-22)26-14-13-25-20(29)16-18-6-8-19(23)9-7-18/h6-9,28H,2-5,10-17H2,1H3,(H,25,29)(H2,24,26,27). The van der Waals surface area contributed by atoms with Crippen LogP contribution in [0.2, 0.25) is 0 Å². The average molecular weight is 407 g/mol. The smallest absolute Gasteiger partial charge is 0.224 e. The zero-order chi connectivity index (χ0) is 21.0. The number of benzene rings is 1. The summed E-state index contributed by atoms with van der Waals surface area (Å²) in [6.45, 7) is 4.74. The summed E-state index contributed by atoms with van der Waals surface area (Å²) in [6, 6.07) is 5.96. The third-order valence-electron chi connectivity index (χ3n) is 5.49. The van der Waals surface area contributed by atoms with Gasteiger partial charge < -0.3 is 21.1 Å². The lowest BCUT2D eigenvalue weighted by Gasteiger charge is -2.35. The van der Waals surface area contributed by atoms with Gasteiger partial charge in [0, 0.05) is 32.8 Å². The Morgan fingerprint density at radius 2 is 1.79 bits per heavy atom. The van der Waals surface area contributed by atoms with Crippen LogP contribution < -0.4 is 16.0 Å². The Morgan fingerprint density at radius 3 is 2.45 bits per heavy atom. The molecule has 0 spiro atoms. The van der Waals surface area contributed by atoms with Crippen molar-refractivity contribution in [2.75, 3.05) is 32.8 Å². The molecular formula is C22H35FN4O2. The minimum absolute atomic E-state index is 0.0931. The first kappa shape index (κ1) is 23.1. The van der Waals surface area contributed by atoms with Gasteiger partial charge in [-0.2, -0.15) is 0 Å². The largest absolute Gasteiger partial charge is 0.396 e. The molecule has 1 aromatic carbocycles. The second kappa shape index (κ2) is 12.4. The zero-order valence-electron chi connectivity index (χ0n) is 17.5. The summed E-state index contributed by atoms with van der Waals surface area (Å²) in [4.78, 5) is 16.8. The monoisotopic (exact) mass is 406 g/mol. The summed E-state index contributed by atoms with van der Waals surface area (Å²) in [7, 11) is 0. The molecule has 0 atom stereocenters. The van der Waals surface area contributed by atoms with Crippen LogP contribution in [0.1, 0.15) is 51.0 Å². The van der Waals surface area contributed by atoms with Crippen LogP contribution in [0, 0.1) is 11.2 Å². The highest BCUT2D eigenvalue weighted by molar-refractivity contribution is 5.80. The normalized spacial score (nSPS) is 16.3. The van der Waals surface area contributed by atoms with E-state index in [-0.39, 0.29) is 30.2 Å². The van der Waals surface area contributed by atoms with Crippen molar-refractivity contribution in [2.24, 2.45) is 10.4 Å². The molecule has 1 amide bonds. The van der Waals surface area contributed by atoms with Gasteiger partial charge in [-0.1, -0.05) is 31.4 Å². The van der Waals surface area contributed by atoms with Gasteiger partial charge in [-0.25, -0.2) is 4.39 Å². The lowest BCUT2D eigenvalue weighted by Crippen LogP contribution is -2.42. The van der Waals surface area contributed by atoms with Crippen molar-refractivity contribution in [3.05, 3.63) is 35.6 Å². The number of guanidine groups is 1. The van der Waals surface area contributed by atoms with E-state index in [0.717, 1.165) is 37.3 Å². The molecule has 2 rings (SSSR count). The molecule has 0 aliphatic heterocycles. The number of nitrogens with one attached hydrogen (secondary N) is 3. The lowest BCUT2D eigenvalue weighted by atomic mass is 9.72. The second-order valence-electron chi connectivity index (χ2n) is 7.81. The number of aliphatic imine (C=N–C) groups is 1. The molecule has 4 N–H and O–H groups in total. The van der Waals surface area contributed by atoms with Gasteiger partial charge in [-0.05, 0) is 49.3 Å². The summed E-state index contributed by atoms with van der Waals surface area (Å²) in [5, 5.41) is 18.8. The average Bonchev–Trinajstić information content (AvgIpc) is 2.72. The van der Waals surface area contributed by atoms with Gasteiger partial charge in [0.1, 0.15) is 5.82 Å². The molecule has 0 aromatic heterocycles. The van der Waals surface area contributed by atoms with Crippen molar-refractivity contribution in [3.63, 3.8) is 0 Å². The Balaban J connectivity index is 1.76. The summed E-state index contributed by atoms with van der Waals surface area (Å²) in [5.74, 6) is 0.343. The first-order chi connectivity index (χ1) is 14.1. The van der Waals surface area contributed by atoms with Gasteiger partial charge in [0.15, 0.2) is 5.96 Å². The molecule has 1 saturated carbocycles. The predicted molar refractivity (Wildman–Crippen MR) is 114 cm³/mol. The highest BCUT2D eigenvalue weighted by atomic mass is 19.1. The van der Waals surface area contributed by atoms with E-state index in [0.29, 0.717) is 19.6 Å². The van der Waals surface area contributed by atoms with Crippen LogP contribution >= 0.6 is 0 Å². The summed E-state index contributed by atoms with van der Waals surface area (Å²) >= 11 is 0. The molecule has 29 heavy (non-hydrogen) atoms. The Kier molecular flexibility index (Phi) is 9.91. The summed E-state index contributed by atoms with van der Waals surface area (Å²) in [6.07, 6.45) is 6.96. The van der Waals surface area contributed by atoms with E-state index in [1.807, 2.05) is 6.92 Å². The van der Waals surface area contributed by atoms with Crippen molar-refractivity contribution in [3.8, 4) is 0 Å². The van der Waals surface area contributed by atoms with E-state index in [1.54, 1.807) is 12.1 Å². The fourth-order valence-electron chi connectivity index (χ4n) is 3.85. The van der Waals surface area contributed by atoms with E-state index in [9.17, 15) is 14.3 Å². The molecule has 1 aliphatic carbocycles. The number of halogens is 1. The van der Waals surface area contributed by atoms with Gasteiger partial charge in [-0.15, -0.1) is 0 Å². The van der Waals surface area contributed by atoms with Gasteiger partial charge in [0.05, 0.1) is 6.42 Å². The number of rotatable bonds is 10. The maximum absolute atomic E-state index is 12.9. The Labute approximate surface area is 173 Å². The molecule has 0 unspecified atom stereocenters. The third-order valence-corrected chi connectivity index (χ3v) is 5.49. The van der Waals surface area contributed by atoms with Crippen LogP contribution in [0.15, 0.2) is 29.3 Å². The van der Waals surface area contributed by atoms with Crippen LogP contribution in [0.4, 0.5) is 4.39 Å². The molecule has 0 heterocycles. The number of aliphatic hydroxyl groups excluding tert-OH is 1. The number of hydrogen-bond donors (Lipinski definition) is 4. The van der Waals surface area contributed by atoms with Crippen molar-refractivity contribution in [1.29, 1.82) is 0 Å². The van der Waals surface area contributed by atoms with Crippen LogP contribution in [0.5, 0.6) is 0 Å². The van der Waals surface area contributed by atoms with Crippen molar-refractivity contribution in [2.45, 2.75) is 51.9 Å². The van der Waals surface area contributed by atoms with E-state index < -0.39 is 0 Å². The molecule has 1 fully saturated rings. The number of aliphatic hydroxyl groups is 1. The molecule has 1 aromatic rings. The fraction of sp³-hybridized carbons (Fsp3) is 0.636. The highest BCUT2D eigenvalue weighted by Crippen LogP contribution is 2.39. The molecule has 0 bridgehead atoms. The molecule has 0 saturated heterocycles. The van der Waals surface area contributed by atoms with Crippen molar-refractivity contribution < 1.29 is 14.3 Å². The first-order valence-corrected chi connectivity index (χ1v) is 10.7. The fourth-order valence-corrected chi connectivity index (χ4v) is 3.85. The molecule has 0 radical (unpaired) electrons. The Morgan fingerprint density at radius 1 is 1.10 bits per heavy atom. The van der Waals surface area contributed by atoms with Gasteiger partial charge in [0.2, 0.25) is 5.91 Å². The van der Waals surface area contributed by atoms with E-state index in [4.69, 9.17) is 4.99 Å². The van der Waals surface area contributed by atoms with Crippen molar-refractivity contribution >= 4 is 11.9 Å². The molecule has 7 heteroatoms. The first-order valence-electron chi connectivity index (χ1n) is 10.7. The molecule has 162 valence electrons. The number of amides is 1.